The maximum absolute atomic E-state index is 12.7. The van der Waals surface area contributed by atoms with Crippen molar-refractivity contribution in [1.29, 1.82) is 5.26 Å². The van der Waals surface area contributed by atoms with Gasteiger partial charge in [0.15, 0.2) is 0 Å². The molecular weight excluding hydrogens is 294 g/mol. The molecule has 8 heteroatoms. The fourth-order valence-corrected chi connectivity index (χ4v) is 4.28. The van der Waals surface area contributed by atoms with E-state index in [-0.39, 0.29) is 17.1 Å². The molecule has 1 fully saturated rings. The average Bonchev–Trinajstić information content (AvgIpc) is 2.47. The highest BCUT2D eigenvalue weighted by molar-refractivity contribution is 7.89. The summed E-state index contributed by atoms with van der Waals surface area (Å²) in [5, 5.41) is 20.0. The lowest BCUT2D eigenvalue weighted by Crippen LogP contribution is -2.43. The Balaban J connectivity index is 2.51. The van der Waals surface area contributed by atoms with Crippen LogP contribution in [0.25, 0.3) is 0 Å². The van der Waals surface area contributed by atoms with Crippen molar-refractivity contribution >= 4 is 15.7 Å². The van der Waals surface area contributed by atoms with Crippen LogP contribution in [0.1, 0.15) is 24.8 Å². The van der Waals surface area contributed by atoms with E-state index >= 15 is 0 Å². The lowest BCUT2D eigenvalue weighted by Gasteiger charge is -2.30. The van der Waals surface area contributed by atoms with Crippen LogP contribution in [0.3, 0.4) is 0 Å². The molecule has 112 valence electrons. The maximum atomic E-state index is 12.7. The molecule has 1 saturated heterocycles. The predicted octanol–water partition coefficient (Wildman–Crippen LogP) is 1.97. The van der Waals surface area contributed by atoms with E-state index in [1.165, 1.54) is 12.1 Å². The molecule has 0 amide bonds. The van der Waals surface area contributed by atoms with E-state index in [0.29, 0.717) is 18.4 Å². The normalized spacial score (nSPS) is 19.9. The molecule has 0 saturated carbocycles. The van der Waals surface area contributed by atoms with Gasteiger partial charge in [0.1, 0.15) is 6.04 Å². The van der Waals surface area contributed by atoms with Crippen LogP contribution < -0.4 is 0 Å². The summed E-state index contributed by atoms with van der Waals surface area (Å²) in [5.74, 6) is 0. The van der Waals surface area contributed by atoms with Crippen molar-refractivity contribution in [2.75, 3.05) is 6.54 Å². The van der Waals surface area contributed by atoms with Gasteiger partial charge in [-0.15, -0.1) is 0 Å². The van der Waals surface area contributed by atoms with Gasteiger partial charge in [-0.2, -0.15) is 9.57 Å². The Labute approximate surface area is 123 Å². The van der Waals surface area contributed by atoms with Crippen molar-refractivity contribution in [3.8, 4) is 6.07 Å². The third kappa shape index (κ3) is 2.89. The molecule has 1 unspecified atom stereocenters. The lowest BCUT2D eigenvalue weighted by molar-refractivity contribution is -0.385. The van der Waals surface area contributed by atoms with Crippen molar-refractivity contribution in [2.24, 2.45) is 0 Å². The number of nitro benzene ring substituents is 1. The van der Waals surface area contributed by atoms with E-state index in [1.807, 2.05) is 6.07 Å². The van der Waals surface area contributed by atoms with Gasteiger partial charge in [-0.05, 0) is 31.7 Å². The molecule has 2 rings (SSSR count). The highest BCUT2D eigenvalue weighted by Crippen LogP contribution is 2.29. The summed E-state index contributed by atoms with van der Waals surface area (Å²) < 4.78 is 26.6. The molecule has 1 aliphatic rings. The van der Waals surface area contributed by atoms with E-state index in [4.69, 9.17) is 5.26 Å². The minimum absolute atomic E-state index is 0.0983. The van der Waals surface area contributed by atoms with Crippen LogP contribution in [-0.2, 0) is 10.0 Å². The Morgan fingerprint density at radius 3 is 2.76 bits per heavy atom. The summed E-state index contributed by atoms with van der Waals surface area (Å²) in [5.41, 5.74) is 0.160. The monoisotopic (exact) mass is 309 g/mol. The first-order valence-electron chi connectivity index (χ1n) is 6.54. The number of aryl methyl sites for hydroxylation is 1. The van der Waals surface area contributed by atoms with Crippen molar-refractivity contribution in [2.45, 2.75) is 37.1 Å². The second-order valence-electron chi connectivity index (χ2n) is 4.96. The molecule has 1 aromatic carbocycles. The molecular formula is C13H15N3O4S. The topological polar surface area (TPSA) is 104 Å². The standard InChI is InChI=1S/C13H15N3O4S/c1-10-5-6-11(16(17)18)8-13(10)21(19,20)15-7-3-2-4-12(15)9-14/h5-6,8,12H,2-4,7H2,1H3. The number of piperidine rings is 1. The molecule has 0 spiro atoms. The number of benzene rings is 1. The van der Waals surface area contributed by atoms with E-state index in [0.717, 1.165) is 16.8 Å². The number of rotatable bonds is 3. The SMILES string of the molecule is Cc1ccc([N+](=O)[O-])cc1S(=O)(=O)N1CCCCC1C#N. The second kappa shape index (κ2) is 5.79. The molecule has 0 aliphatic carbocycles. The number of nitrogens with zero attached hydrogens (tertiary/aromatic N) is 3. The van der Waals surface area contributed by atoms with E-state index in [9.17, 15) is 18.5 Å². The zero-order valence-electron chi connectivity index (χ0n) is 11.5. The van der Waals surface area contributed by atoms with Crippen LogP contribution in [0, 0.1) is 28.4 Å². The van der Waals surface area contributed by atoms with Crippen molar-refractivity contribution in [3.05, 3.63) is 33.9 Å². The number of nitro groups is 1. The van der Waals surface area contributed by atoms with Gasteiger partial charge in [-0.25, -0.2) is 8.42 Å². The molecule has 1 heterocycles. The number of non-ortho nitro benzene ring substituents is 1. The molecule has 0 N–H and O–H groups in total. The molecule has 7 nitrogen and oxygen atoms in total. The van der Waals surface area contributed by atoms with E-state index in [2.05, 4.69) is 0 Å². The fraction of sp³-hybridized carbons (Fsp3) is 0.462. The Hall–Kier alpha value is -1.98. The van der Waals surface area contributed by atoms with Gasteiger partial charge in [-0.3, -0.25) is 10.1 Å². The van der Waals surface area contributed by atoms with Crippen molar-refractivity contribution < 1.29 is 13.3 Å². The van der Waals surface area contributed by atoms with Gasteiger partial charge in [0.05, 0.1) is 15.9 Å². The van der Waals surface area contributed by atoms with Crippen molar-refractivity contribution in [1.82, 2.24) is 4.31 Å². The molecule has 21 heavy (non-hydrogen) atoms. The zero-order chi connectivity index (χ0) is 15.6. The number of nitriles is 1. The fourth-order valence-electron chi connectivity index (χ4n) is 2.43. The first-order valence-corrected chi connectivity index (χ1v) is 7.98. The molecule has 0 radical (unpaired) electrons. The highest BCUT2D eigenvalue weighted by Gasteiger charge is 2.35. The Bertz CT molecular complexity index is 709. The third-order valence-electron chi connectivity index (χ3n) is 3.57. The van der Waals surface area contributed by atoms with Crippen LogP contribution in [0.2, 0.25) is 0 Å². The van der Waals surface area contributed by atoms with E-state index < -0.39 is 21.0 Å². The van der Waals surface area contributed by atoms with Gasteiger partial charge in [0.2, 0.25) is 10.0 Å². The third-order valence-corrected chi connectivity index (χ3v) is 5.62. The van der Waals surface area contributed by atoms with Gasteiger partial charge in [0, 0.05) is 18.7 Å². The molecule has 1 aromatic rings. The lowest BCUT2D eigenvalue weighted by atomic mass is 10.1. The quantitative estimate of drug-likeness (QED) is 0.627. The van der Waals surface area contributed by atoms with Crippen LogP contribution in [0.4, 0.5) is 5.69 Å². The number of sulfonamides is 1. The predicted molar refractivity (Wildman–Crippen MR) is 75.0 cm³/mol. The molecule has 1 atom stereocenters. The summed E-state index contributed by atoms with van der Waals surface area (Å²) >= 11 is 0. The average molecular weight is 309 g/mol. The van der Waals surface area contributed by atoms with Crippen LogP contribution in [0.15, 0.2) is 23.1 Å². The van der Waals surface area contributed by atoms with Crippen LogP contribution >= 0.6 is 0 Å². The van der Waals surface area contributed by atoms with Gasteiger partial charge >= 0.3 is 0 Å². The minimum Gasteiger partial charge on any atom is -0.258 e. The molecule has 0 aromatic heterocycles. The number of hydrogen-bond donors (Lipinski definition) is 0. The highest BCUT2D eigenvalue weighted by atomic mass is 32.2. The van der Waals surface area contributed by atoms with Gasteiger partial charge in [-0.1, -0.05) is 6.07 Å². The van der Waals surface area contributed by atoms with Crippen molar-refractivity contribution in [3.63, 3.8) is 0 Å². The maximum Gasteiger partial charge on any atom is 0.270 e. The first kappa shape index (κ1) is 15.4. The largest absolute Gasteiger partial charge is 0.270 e. The summed E-state index contributed by atoms with van der Waals surface area (Å²) in [4.78, 5) is 10.1. The van der Waals surface area contributed by atoms with Gasteiger partial charge < -0.3 is 0 Å². The summed E-state index contributed by atoms with van der Waals surface area (Å²) in [6.07, 6.45) is 1.98. The van der Waals surface area contributed by atoms with Gasteiger partial charge in [0.25, 0.3) is 5.69 Å². The Morgan fingerprint density at radius 2 is 2.14 bits per heavy atom. The zero-order valence-corrected chi connectivity index (χ0v) is 12.3. The minimum atomic E-state index is -3.90. The second-order valence-corrected chi connectivity index (χ2v) is 6.82. The Kier molecular flexibility index (Phi) is 4.25. The molecule has 1 aliphatic heterocycles. The summed E-state index contributed by atoms with van der Waals surface area (Å²) in [6, 6.07) is 5.04. The van der Waals surface area contributed by atoms with Crippen LogP contribution in [0.5, 0.6) is 0 Å². The smallest absolute Gasteiger partial charge is 0.258 e. The van der Waals surface area contributed by atoms with E-state index in [1.54, 1.807) is 6.92 Å². The van der Waals surface area contributed by atoms with Crippen LogP contribution in [-0.4, -0.2) is 30.2 Å². The summed E-state index contributed by atoms with van der Waals surface area (Å²) in [7, 11) is -3.90. The number of hydrogen-bond acceptors (Lipinski definition) is 5. The Morgan fingerprint density at radius 1 is 1.43 bits per heavy atom. The summed E-state index contributed by atoms with van der Waals surface area (Å²) in [6.45, 7) is 1.85. The first-order chi connectivity index (χ1) is 9.87. The molecule has 0 bridgehead atoms.